The Kier molecular flexibility index (Phi) is 5.33. The van der Waals surface area contributed by atoms with Gasteiger partial charge in [0.15, 0.2) is 0 Å². The quantitative estimate of drug-likeness (QED) is 0.900. The minimum atomic E-state index is 0.0635. The average molecular weight is 348 g/mol. The van der Waals surface area contributed by atoms with E-state index >= 15 is 0 Å². The molecular formula is C16H18BrN3O. The van der Waals surface area contributed by atoms with Gasteiger partial charge >= 0.3 is 0 Å². The van der Waals surface area contributed by atoms with Crippen molar-refractivity contribution >= 4 is 27.5 Å². The van der Waals surface area contributed by atoms with E-state index in [9.17, 15) is 4.79 Å². The lowest BCUT2D eigenvalue weighted by Gasteiger charge is -2.15. The molecule has 1 aromatic heterocycles. The Hall–Kier alpha value is -1.88. The van der Waals surface area contributed by atoms with E-state index in [4.69, 9.17) is 0 Å². The van der Waals surface area contributed by atoms with E-state index in [1.807, 2.05) is 30.5 Å². The van der Waals surface area contributed by atoms with Crippen LogP contribution in [0.3, 0.4) is 0 Å². The summed E-state index contributed by atoms with van der Waals surface area (Å²) in [6.45, 7) is 2.89. The van der Waals surface area contributed by atoms with Crippen LogP contribution in [0.5, 0.6) is 0 Å². The zero-order chi connectivity index (χ0) is 15.2. The molecule has 0 spiro atoms. The number of carbonyl (C=O) groups is 1. The molecule has 0 aliphatic heterocycles. The van der Waals surface area contributed by atoms with Crippen molar-refractivity contribution in [1.82, 2.24) is 9.88 Å². The fourth-order valence-corrected chi connectivity index (χ4v) is 2.33. The third-order valence-electron chi connectivity index (χ3n) is 3.14. The molecule has 0 unspecified atom stereocenters. The minimum Gasteiger partial charge on any atom is -0.381 e. The van der Waals surface area contributed by atoms with Gasteiger partial charge in [0.05, 0.1) is 0 Å². The van der Waals surface area contributed by atoms with Gasteiger partial charge in [0, 0.05) is 49.6 Å². The Morgan fingerprint density at radius 3 is 2.81 bits per heavy atom. The van der Waals surface area contributed by atoms with Crippen molar-refractivity contribution in [2.75, 3.05) is 12.4 Å². The first kappa shape index (κ1) is 15.5. The minimum absolute atomic E-state index is 0.0635. The van der Waals surface area contributed by atoms with E-state index in [1.165, 1.54) is 0 Å². The Morgan fingerprint density at radius 2 is 2.10 bits per heavy atom. The summed E-state index contributed by atoms with van der Waals surface area (Å²) >= 11 is 3.41. The van der Waals surface area contributed by atoms with Crippen molar-refractivity contribution in [2.45, 2.75) is 20.0 Å². The molecule has 0 bridgehead atoms. The van der Waals surface area contributed by atoms with Crippen molar-refractivity contribution in [3.05, 3.63) is 58.3 Å². The van der Waals surface area contributed by atoms with E-state index in [2.05, 4.69) is 32.3 Å². The van der Waals surface area contributed by atoms with E-state index in [0.29, 0.717) is 13.1 Å². The van der Waals surface area contributed by atoms with E-state index in [0.717, 1.165) is 21.3 Å². The number of amides is 1. The number of benzene rings is 1. The first-order chi connectivity index (χ1) is 10.0. The second-order valence-electron chi connectivity index (χ2n) is 4.94. The van der Waals surface area contributed by atoms with Crippen molar-refractivity contribution in [1.29, 1.82) is 0 Å². The molecule has 0 aliphatic carbocycles. The molecule has 1 amide bonds. The third-order valence-corrected chi connectivity index (χ3v) is 3.58. The molecule has 1 N–H and O–H groups in total. The second-order valence-corrected chi connectivity index (χ2v) is 5.86. The summed E-state index contributed by atoms with van der Waals surface area (Å²) in [5.74, 6) is 0.0635. The number of nitrogens with zero attached hydrogens (tertiary/aromatic N) is 2. The zero-order valence-electron chi connectivity index (χ0n) is 12.1. The zero-order valence-corrected chi connectivity index (χ0v) is 13.7. The number of pyridine rings is 1. The van der Waals surface area contributed by atoms with Crippen LogP contribution in [-0.2, 0) is 17.9 Å². The van der Waals surface area contributed by atoms with Gasteiger partial charge in [-0.1, -0.05) is 12.1 Å². The van der Waals surface area contributed by atoms with Gasteiger partial charge in [0.1, 0.15) is 0 Å². The number of carbonyl (C=O) groups excluding carboxylic acids is 1. The highest BCUT2D eigenvalue weighted by Crippen LogP contribution is 2.15. The first-order valence-electron chi connectivity index (χ1n) is 6.68. The summed E-state index contributed by atoms with van der Waals surface area (Å²) in [6, 6.07) is 10.1. The summed E-state index contributed by atoms with van der Waals surface area (Å²) in [6.07, 6.45) is 3.60. The Labute approximate surface area is 133 Å². The Morgan fingerprint density at radius 1 is 1.29 bits per heavy atom. The maximum atomic E-state index is 11.3. The third kappa shape index (κ3) is 4.86. The van der Waals surface area contributed by atoms with Gasteiger partial charge in [-0.05, 0) is 45.3 Å². The topological polar surface area (TPSA) is 45.2 Å². The number of nitrogens with one attached hydrogen (secondary N) is 1. The van der Waals surface area contributed by atoms with Crippen LogP contribution < -0.4 is 5.32 Å². The number of aromatic nitrogens is 1. The summed E-state index contributed by atoms with van der Waals surface area (Å²) in [7, 11) is 1.80. The van der Waals surface area contributed by atoms with Gasteiger partial charge in [-0.2, -0.15) is 0 Å². The van der Waals surface area contributed by atoms with Gasteiger partial charge in [-0.25, -0.2) is 0 Å². The molecule has 21 heavy (non-hydrogen) atoms. The van der Waals surface area contributed by atoms with Gasteiger partial charge < -0.3 is 10.2 Å². The van der Waals surface area contributed by atoms with Crippen molar-refractivity contribution < 1.29 is 4.79 Å². The summed E-state index contributed by atoms with van der Waals surface area (Å²) in [5.41, 5.74) is 3.24. The molecule has 0 atom stereocenters. The molecule has 110 valence electrons. The fraction of sp³-hybridized carbons (Fsp3) is 0.250. The molecule has 1 heterocycles. The SMILES string of the molecule is CC(=O)N(C)Cc1cccc(NCc2cncc(Br)c2)c1. The molecule has 0 radical (unpaired) electrons. The van der Waals surface area contributed by atoms with E-state index < -0.39 is 0 Å². The molecular weight excluding hydrogens is 330 g/mol. The standard InChI is InChI=1S/C16H18BrN3O/c1-12(21)20(2)11-13-4-3-5-16(7-13)19-9-14-6-15(17)10-18-8-14/h3-8,10,19H,9,11H2,1-2H3. The van der Waals surface area contributed by atoms with Gasteiger partial charge in [0.25, 0.3) is 0 Å². The highest BCUT2D eigenvalue weighted by atomic mass is 79.9. The molecule has 5 heteroatoms. The molecule has 1 aromatic carbocycles. The van der Waals surface area contributed by atoms with Crippen LogP contribution in [0.25, 0.3) is 0 Å². The highest BCUT2D eigenvalue weighted by Gasteiger charge is 2.04. The lowest BCUT2D eigenvalue weighted by atomic mass is 10.2. The predicted molar refractivity (Wildman–Crippen MR) is 87.9 cm³/mol. The Bertz CT molecular complexity index is 630. The number of hydrogen-bond acceptors (Lipinski definition) is 3. The monoisotopic (exact) mass is 347 g/mol. The molecule has 0 saturated carbocycles. The van der Waals surface area contributed by atoms with Crippen LogP contribution in [0.15, 0.2) is 47.2 Å². The molecule has 0 saturated heterocycles. The van der Waals surface area contributed by atoms with Crippen molar-refractivity contribution in [3.8, 4) is 0 Å². The number of rotatable bonds is 5. The Balaban J connectivity index is 1.99. The second kappa shape index (κ2) is 7.22. The highest BCUT2D eigenvalue weighted by molar-refractivity contribution is 9.10. The number of hydrogen-bond donors (Lipinski definition) is 1. The van der Waals surface area contributed by atoms with Gasteiger partial charge in [-0.3, -0.25) is 9.78 Å². The van der Waals surface area contributed by atoms with Crippen LogP contribution >= 0.6 is 15.9 Å². The first-order valence-corrected chi connectivity index (χ1v) is 7.48. The number of anilines is 1. The van der Waals surface area contributed by atoms with Crippen LogP contribution in [0.2, 0.25) is 0 Å². The molecule has 2 rings (SSSR count). The normalized spacial score (nSPS) is 10.2. The smallest absolute Gasteiger partial charge is 0.219 e. The predicted octanol–water partition coefficient (Wildman–Crippen LogP) is 3.43. The van der Waals surface area contributed by atoms with Crippen molar-refractivity contribution in [2.24, 2.45) is 0 Å². The van der Waals surface area contributed by atoms with E-state index in [-0.39, 0.29) is 5.91 Å². The van der Waals surface area contributed by atoms with E-state index in [1.54, 1.807) is 25.1 Å². The van der Waals surface area contributed by atoms with Gasteiger partial charge in [-0.15, -0.1) is 0 Å². The fourth-order valence-electron chi connectivity index (χ4n) is 1.92. The molecule has 2 aromatic rings. The molecule has 0 fully saturated rings. The van der Waals surface area contributed by atoms with Crippen LogP contribution in [-0.4, -0.2) is 22.8 Å². The number of halogens is 1. The van der Waals surface area contributed by atoms with Gasteiger partial charge in [0.2, 0.25) is 5.91 Å². The maximum Gasteiger partial charge on any atom is 0.219 e. The summed E-state index contributed by atoms with van der Waals surface area (Å²) in [5, 5.41) is 3.37. The van der Waals surface area contributed by atoms with Crippen LogP contribution in [0, 0.1) is 0 Å². The largest absolute Gasteiger partial charge is 0.381 e. The van der Waals surface area contributed by atoms with Crippen LogP contribution in [0.4, 0.5) is 5.69 Å². The van der Waals surface area contributed by atoms with Crippen molar-refractivity contribution in [3.63, 3.8) is 0 Å². The lowest BCUT2D eigenvalue weighted by molar-refractivity contribution is -0.128. The average Bonchev–Trinajstić information content (AvgIpc) is 2.45. The maximum absolute atomic E-state index is 11.3. The van der Waals surface area contributed by atoms with Crippen LogP contribution in [0.1, 0.15) is 18.1 Å². The summed E-state index contributed by atoms with van der Waals surface area (Å²) in [4.78, 5) is 17.1. The molecule has 0 aliphatic rings. The molecule has 4 nitrogen and oxygen atoms in total. The summed E-state index contributed by atoms with van der Waals surface area (Å²) < 4.78 is 0.971. The lowest BCUT2D eigenvalue weighted by Crippen LogP contribution is -2.23.